The molecule has 0 saturated heterocycles. The van der Waals surface area contributed by atoms with E-state index in [-0.39, 0.29) is 5.97 Å². The average molecular weight is 320 g/mol. The molecule has 5 heteroatoms. The minimum absolute atomic E-state index is 0.327. The Hall–Kier alpha value is -1.59. The number of rotatable bonds is 8. The van der Waals surface area contributed by atoms with Gasteiger partial charge in [0.05, 0.1) is 19.3 Å². The quantitative estimate of drug-likeness (QED) is 0.333. The Balaban J connectivity index is 2.02. The monoisotopic (exact) mass is 320 g/mol. The van der Waals surface area contributed by atoms with Crippen molar-refractivity contribution in [1.29, 1.82) is 0 Å². The normalized spacial score (nSPS) is 15.4. The Morgan fingerprint density at radius 3 is 2.74 bits per heavy atom. The minimum Gasteiger partial charge on any atom is -0.493 e. The minimum atomic E-state index is -0.327. The van der Waals surface area contributed by atoms with Crippen LogP contribution in [0.2, 0.25) is 0 Å². The number of carbonyl (C=O) groups excluding carboxylic acids is 1. The molecule has 1 aromatic rings. The van der Waals surface area contributed by atoms with Crippen molar-refractivity contribution < 1.29 is 14.3 Å². The molecule has 0 atom stereocenters. The lowest BCUT2D eigenvalue weighted by Crippen LogP contribution is -2.23. The predicted molar refractivity (Wildman–Crippen MR) is 90.4 cm³/mol. The van der Waals surface area contributed by atoms with Gasteiger partial charge >= 0.3 is 5.97 Å². The molecular weight excluding hydrogens is 292 g/mol. The second-order valence-corrected chi connectivity index (χ2v) is 6.23. The highest BCUT2D eigenvalue weighted by atomic mass is 16.5. The number of hydrogen-bond donors (Lipinski definition) is 2. The van der Waals surface area contributed by atoms with Gasteiger partial charge in [0.25, 0.3) is 0 Å². The topological polar surface area (TPSA) is 73.6 Å². The lowest BCUT2D eigenvalue weighted by Gasteiger charge is -2.22. The van der Waals surface area contributed by atoms with Crippen LogP contribution < -0.4 is 16.0 Å². The van der Waals surface area contributed by atoms with Gasteiger partial charge in [0.15, 0.2) is 0 Å². The summed E-state index contributed by atoms with van der Waals surface area (Å²) in [4.78, 5) is 11.8. The maximum absolute atomic E-state index is 11.8. The molecule has 1 aliphatic carbocycles. The van der Waals surface area contributed by atoms with Crippen LogP contribution in [-0.4, -0.2) is 26.2 Å². The van der Waals surface area contributed by atoms with Crippen LogP contribution >= 0.6 is 0 Å². The van der Waals surface area contributed by atoms with E-state index in [4.69, 9.17) is 15.3 Å². The number of aryl methyl sites for hydroxylation is 1. The fraction of sp³-hybridized carbons (Fsp3) is 0.611. The summed E-state index contributed by atoms with van der Waals surface area (Å²) < 4.78 is 10.8. The van der Waals surface area contributed by atoms with Gasteiger partial charge in [0.1, 0.15) is 5.75 Å². The van der Waals surface area contributed by atoms with Gasteiger partial charge in [0, 0.05) is 6.54 Å². The van der Waals surface area contributed by atoms with Crippen LogP contribution in [0.1, 0.15) is 54.4 Å². The van der Waals surface area contributed by atoms with E-state index < -0.39 is 0 Å². The molecule has 0 aliphatic heterocycles. The van der Waals surface area contributed by atoms with Crippen LogP contribution in [0.4, 0.5) is 0 Å². The van der Waals surface area contributed by atoms with Gasteiger partial charge in [-0.25, -0.2) is 4.79 Å². The van der Waals surface area contributed by atoms with Gasteiger partial charge < -0.3 is 9.47 Å². The van der Waals surface area contributed by atoms with E-state index >= 15 is 0 Å². The summed E-state index contributed by atoms with van der Waals surface area (Å²) in [5, 5.41) is 0. The first kappa shape index (κ1) is 17.8. The summed E-state index contributed by atoms with van der Waals surface area (Å²) in [5.74, 6) is 6.37. The molecule has 1 aliphatic rings. The van der Waals surface area contributed by atoms with E-state index in [1.807, 2.05) is 12.1 Å². The summed E-state index contributed by atoms with van der Waals surface area (Å²) in [6.07, 6.45) is 8.17. The number of hydrogen-bond acceptors (Lipinski definition) is 5. The van der Waals surface area contributed by atoms with Crippen LogP contribution in [0.15, 0.2) is 18.2 Å². The van der Waals surface area contributed by atoms with Crippen LogP contribution in [0.25, 0.3) is 0 Å². The van der Waals surface area contributed by atoms with Crippen LogP contribution in [-0.2, 0) is 11.2 Å². The van der Waals surface area contributed by atoms with Crippen LogP contribution in [0, 0.1) is 5.92 Å². The molecule has 0 spiro atoms. The number of esters is 1. The number of nitrogens with two attached hydrogens (primary N) is 1. The first-order valence-electron chi connectivity index (χ1n) is 8.51. The van der Waals surface area contributed by atoms with Crippen molar-refractivity contribution in [3.8, 4) is 5.75 Å². The molecule has 0 aromatic heterocycles. The van der Waals surface area contributed by atoms with Gasteiger partial charge in [-0.2, -0.15) is 0 Å². The zero-order chi connectivity index (χ0) is 16.5. The molecule has 128 valence electrons. The Labute approximate surface area is 138 Å². The second kappa shape index (κ2) is 9.53. The third-order valence-corrected chi connectivity index (χ3v) is 4.38. The Kier molecular flexibility index (Phi) is 7.36. The van der Waals surface area contributed by atoms with Crippen molar-refractivity contribution in [3.63, 3.8) is 0 Å². The summed E-state index contributed by atoms with van der Waals surface area (Å²) in [7, 11) is 1.40. The van der Waals surface area contributed by atoms with Gasteiger partial charge in [-0.15, -0.1) is 0 Å². The van der Waals surface area contributed by atoms with E-state index in [1.165, 1.54) is 39.2 Å². The second-order valence-electron chi connectivity index (χ2n) is 6.23. The number of carbonyl (C=O) groups is 1. The highest BCUT2D eigenvalue weighted by Gasteiger charge is 2.15. The smallest absolute Gasteiger partial charge is 0.337 e. The van der Waals surface area contributed by atoms with Gasteiger partial charge in [-0.05, 0) is 55.4 Å². The van der Waals surface area contributed by atoms with Crippen molar-refractivity contribution >= 4 is 5.97 Å². The standard InChI is InChI=1S/C18H28N2O3/c1-22-18(21)16-10-15(8-5-9-20-19)11-17(12-16)23-13-14-6-3-2-4-7-14/h10-12,14,20H,2-9,13,19H2,1H3. The molecule has 0 amide bonds. The maximum atomic E-state index is 11.8. The number of methoxy groups -OCH3 is 1. The molecular formula is C18H28N2O3. The zero-order valence-electron chi connectivity index (χ0n) is 14.0. The molecule has 1 saturated carbocycles. The number of ether oxygens (including phenoxy) is 2. The van der Waals surface area contributed by atoms with Crippen molar-refractivity contribution in [2.24, 2.45) is 11.8 Å². The molecule has 2 rings (SSSR count). The fourth-order valence-corrected chi connectivity index (χ4v) is 3.09. The molecule has 5 nitrogen and oxygen atoms in total. The molecule has 0 radical (unpaired) electrons. The lowest BCUT2D eigenvalue weighted by molar-refractivity contribution is 0.0600. The zero-order valence-corrected chi connectivity index (χ0v) is 14.0. The molecule has 1 fully saturated rings. The fourth-order valence-electron chi connectivity index (χ4n) is 3.09. The largest absolute Gasteiger partial charge is 0.493 e. The third-order valence-electron chi connectivity index (χ3n) is 4.38. The Bertz CT molecular complexity index is 499. The molecule has 23 heavy (non-hydrogen) atoms. The van der Waals surface area contributed by atoms with E-state index in [1.54, 1.807) is 6.07 Å². The molecule has 1 aromatic carbocycles. The van der Waals surface area contributed by atoms with Crippen molar-refractivity contribution in [2.75, 3.05) is 20.3 Å². The van der Waals surface area contributed by atoms with Crippen molar-refractivity contribution in [2.45, 2.75) is 44.9 Å². The summed E-state index contributed by atoms with van der Waals surface area (Å²) >= 11 is 0. The van der Waals surface area contributed by atoms with Crippen LogP contribution in [0.5, 0.6) is 5.75 Å². The van der Waals surface area contributed by atoms with Crippen molar-refractivity contribution in [3.05, 3.63) is 29.3 Å². The average Bonchev–Trinajstić information content (AvgIpc) is 2.60. The highest BCUT2D eigenvalue weighted by molar-refractivity contribution is 5.90. The SMILES string of the molecule is COC(=O)c1cc(CCCNN)cc(OCC2CCCCC2)c1. The molecule has 0 bridgehead atoms. The molecule has 0 unspecified atom stereocenters. The Morgan fingerprint density at radius 1 is 1.26 bits per heavy atom. The van der Waals surface area contributed by atoms with Crippen LogP contribution in [0.3, 0.4) is 0 Å². The van der Waals surface area contributed by atoms with Gasteiger partial charge in [0.2, 0.25) is 0 Å². The van der Waals surface area contributed by atoms with Gasteiger partial charge in [-0.3, -0.25) is 11.3 Å². The summed E-state index contributed by atoms with van der Waals surface area (Å²) in [5.41, 5.74) is 4.26. The molecule has 3 N–H and O–H groups in total. The number of nitrogens with one attached hydrogen (secondary N) is 1. The number of benzene rings is 1. The van der Waals surface area contributed by atoms with Gasteiger partial charge in [-0.1, -0.05) is 19.3 Å². The van der Waals surface area contributed by atoms with E-state index in [0.717, 1.165) is 37.3 Å². The maximum Gasteiger partial charge on any atom is 0.337 e. The first-order valence-corrected chi connectivity index (χ1v) is 8.51. The summed E-state index contributed by atoms with van der Waals surface area (Å²) in [6, 6.07) is 5.67. The summed E-state index contributed by atoms with van der Waals surface area (Å²) in [6.45, 7) is 1.47. The van der Waals surface area contributed by atoms with E-state index in [2.05, 4.69) is 5.43 Å². The highest BCUT2D eigenvalue weighted by Crippen LogP contribution is 2.26. The third kappa shape index (κ3) is 5.84. The van der Waals surface area contributed by atoms with E-state index in [9.17, 15) is 4.79 Å². The predicted octanol–water partition coefficient (Wildman–Crippen LogP) is 2.83. The molecule has 0 heterocycles. The Morgan fingerprint density at radius 2 is 2.04 bits per heavy atom. The number of hydrazine groups is 1. The lowest BCUT2D eigenvalue weighted by atomic mass is 9.90. The first-order chi connectivity index (χ1) is 11.2. The van der Waals surface area contributed by atoms with E-state index in [0.29, 0.717) is 11.5 Å². The van der Waals surface area contributed by atoms with Crippen molar-refractivity contribution in [1.82, 2.24) is 5.43 Å².